The van der Waals surface area contributed by atoms with Crippen molar-refractivity contribution in [3.8, 4) is 0 Å². The Hall–Kier alpha value is -2.93. The van der Waals surface area contributed by atoms with E-state index in [-0.39, 0.29) is 11.9 Å². The van der Waals surface area contributed by atoms with Crippen LogP contribution >= 0.6 is 11.3 Å². The van der Waals surface area contributed by atoms with E-state index in [4.69, 9.17) is 0 Å². The van der Waals surface area contributed by atoms with Crippen LogP contribution < -0.4 is 10.6 Å². The Bertz CT molecular complexity index is 898. The van der Waals surface area contributed by atoms with Gasteiger partial charge in [-0.25, -0.2) is 4.68 Å². The number of fused-ring (bicyclic) bond motifs is 1. The van der Waals surface area contributed by atoms with Gasteiger partial charge in [0.25, 0.3) is 5.91 Å². The second kappa shape index (κ2) is 5.93. The molecule has 1 aliphatic rings. The standard InChI is InChI=1S/C17H15N5OS/c1-11-14(16(23)21-12-6-3-2-4-7-12)15(13-8-5-9-24-13)22-17(20-11)18-10-19-22/h2-10,15H,1H3,(H,21,23)(H,18,19,20). The topological polar surface area (TPSA) is 71.8 Å². The van der Waals surface area contributed by atoms with Crippen LogP contribution in [0, 0.1) is 0 Å². The monoisotopic (exact) mass is 337 g/mol. The van der Waals surface area contributed by atoms with Gasteiger partial charge in [0.1, 0.15) is 12.4 Å². The summed E-state index contributed by atoms with van der Waals surface area (Å²) < 4.78 is 1.75. The zero-order valence-electron chi connectivity index (χ0n) is 12.9. The Morgan fingerprint density at radius 2 is 2.08 bits per heavy atom. The van der Waals surface area contributed by atoms with E-state index in [9.17, 15) is 4.79 Å². The number of thiophene rings is 1. The number of allylic oxidation sites excluding steroid dienone is 1. The van der Waals surface area contributed by atoms with Crippen LogP contribution in [0.3, 0.4) is 0 Å². The molecule has 0 saturated carbocycles. The van der Waals surface area contributed by atoms with Gasteiger partial charge in [-0.3, -0.25) is 4.79 Å². The van der Waals surface area contributed by atoms with Crippen LogP contribution in [0.25, 0.3) is 0 Å². The smallest absolute Gasteiger partial charge is 0.255 e. The summed E-state index contributed by atoms with van der Waals surface area (Å²) in [6, 6.07) is 13.1. The molecule has 2 N–H and O–H groups in total. The first kappa shape index (κ1) is 14.6. The zero-order valence-corrected chi connectivity index (χ0v) is 13.7. The van der Waals surface area contributed by atoms with Gasteiger partial charge in [-0.1, -0.05) is 24.3 Å². The third-order valence-electron chi connectivity index (χ3n) is 3.88. The molecule has 0 radical (unpaired) electrons. The molecule has 1 aliphatic heterocycles. The molecular formula is C17H15N5OS. The lowest BCUT2D eigenvalue weighted by Gasteiger charge is -2.27. The van der Waals surface area contributed by atoms with Crippen molar-refractivity contribution < 1.29 is 4.79 Å². The van der Waals surface area contributed by atoms with Gasteiger partial charge in [-0.2, -0.15) is 10.1 Å². The molecule has 1 atom stereocenters. The van der Waals surface area contributed by atoms with E-state index >= 15 is 0 Å². The van der Waals surface area contributed by atoms with Gasteiger partial charge in [0.05, 0.1) is 5.57 Å². The van der Waals surface area contributed by atoms with E-state index in [0.29, 0.717) is 11.5 Å². The summed E-state index contributed by atoms with van der Waals surface area (Å²) in [5.41, 5.74) is 2.18. The highest BCUT2D eigenvalue weighted by Gasteiger charge is 2.33. The maximum atomic E-state index is 12.9. The van der Waals surface area contributed by atoms with E-state index in [1.165, 1.54) is 6.33 Å². The van der Waals surface area contributed by atoms with E-state index in [2.05, 4.69) is 20.7 Å². The number of rotatable bonds is 3. The summed E-state index contributed by atoms with van der Waals surface area (Å²) in [5, 5.41) is 12.4. The summed E-state index contributed by atoms with van der Waals surface area (Å²) in [5.74, 6) is 0.493. The van der Waals surface area contributed by atoms with Crippen LogP contribution in [0.5, 0.6) is 0 Å². The Labute approximate surface area is 142 Å². The molecule has 1 amide bonds. The van der Waals surface area contributed by atoms with Gasteiger partial charge in [-0.15, -0.1) is 11.3 Å². The molecule has 4 rings (SSSR count). The van der Waals surface area contributed by atoms with Gasteiger partial charge in [0, 0.05) is 16.3 Å². The zero-order chi connectivity index (χ0) is 16.5. The predicted molar refractivity (Wildman–Crippen MR) is 93.9 cm³/mol. The molecule has 0 saturated heterocycles. The SMILES string of the molecule is CC1=C(C(=O)Nc2ccccc2)C(c2cccs2)n2ncnc2N1. The Morgan fingerprint density at radius 1 is 1.25 bits per heavy atom. The number of nitrogens with one attached hydrogen (secondary N) is 2. The van der Waals surface area contributed by atoms with Crippen molar-refractivity contribution >= 4 is 28.9 Å². The number of carbonyl (C=O) groups excluding carboxylic acids is 1. The number of para-hydroxylation sites is 1. The molecule has 3 aromatic rings. The minimum atomic E-state index is -0.285. The van der Waals surface area contributed by atoms with Crippen LogP contribution in [0.15, 0.2) is 65.4 Å². The number of aromatic nitrogens is 3. The van der Waals surface area contributed by atoms with Gasteiger partial charge in [0.2, 0.25) is 5.95 Å². The molecule has 6 nitrogen and oxygen atoms in total. The molecule has 1 unspecified atom stereocenters. The highest BCUT2D eigenvalue weighted by atomic mass is 32.1. The Kier molecular flexibility index (Phi) is 3.62. The normalized spacial score (nSPS) is 16.5. The van der Waals surface area contributed by atoms with Crippen molar-refractivity contribution in [3.05, 3.63) is 70.3 Å². The molecule has 1 aromatic carbocycles. The lowest BCUT2D eigenvalue weighted by molar-refractivity contribution is -0.113. The number of carbonyl (C=O) groups is 1. The number of anilines is 2. The lowest BCUT2D eigenvalue weighted by Crippen LogP contribution is -2.31. The lowest BCUT2D eigenvalue weighted by atomic mass is 10.0. The van der Waals surface area contributed by atoms with Crippen molar-refractivity contribution in [1.29, 1.82) is 0 Å². The largest absolute Gasteiger partial charge is 0.328 e. The number of nitrogens with zero attached hydrogens (tertiary/aromatic N) is 3. The van der Waals surface area contributed by atoms with Crippen molar-refractivity contribution in [2.24, 2.45) is 0 Å². The fourth-order valence-corrected chi connectivity index (χ4v) is 3.63. The van der Waals surface area contributed by atoms with Crippen molar-refractivity contribution in [1.82, 2.24) is 14.8 Å². The van der Waals surface area contributed by atoms with E-state index < -0.39 is 0 Å². The second-order valence-corrected chi connectivity index (χ2v) is 6.41. The quantitative estimate of drug-likeness (QED) is 0.769. The maximum absolute atomic E-state index is 12.9. The average Bonchev–Trinajstić information content (AvgIpc) is 3.25. The molecular weight excluding hydrogens is 322 g/mol. The molecule has 0 bridgehead atoms. The maximum Gasteiger partial charge on any atom is 0.255 e. The molecule has 0 aliphatic carbocycles. The molecule has 24 heavy (non-hydrogen) atoms. The first-order chi connectivity index (χ1) is 11.7. The molecule has 2 aromatic heterocycles. The van der Waals surface area contributed by atoms with Gasteiger partial charge < -0.3 is 10.6 Å². The minimum Gasteiger partial charge on any atom is -0.328 e. The molecule has 0 fully saturated rings. The average molecular weight is 337 g/mol. The van der Waals surface area contributed by atoms with Crippen molar-refractivity contribution in [2.75, 3.05) is 10.6 Å². The summed E-state index contributed by atoms with van der Waals surface area (Å²) in [6.07, 6.45) is 1.49. The van der Waals surface area contributed by atoms with E-state index in [1.54, 1.807) is 16.0 Å². The van der Waals surface area contributed by atoms with E-state index in [1.807, 2.05) is 54.8 Å². The Balaban J connectivity index is 1.75. The summed E-state index contributed by atoms with van der Waals surface area (Å²) in [4.78, 5) is 18.2. The summed E-state index contributed by atoms with van der Waals surface area (Å²) in [7, 11) is 0. The third kappa shape index (κ3) is 2.48. The Morgan fingerprint density at radius 3 is 2.83 bits per heavy atom. The van der Waals surface area contributed by atoms with Crippen molar-refractivity contribution in [3.63, 3.8) is 0 Å². The first-order valence-electron chi connectivity index (χ1n) is 7.51. The fourth-order valence-electron chi connectivity index (χ4n) is 2.81. The van der Waals surface area contributed by atoms with Gasteiger partial charge >= 0.3 is 0 Å². The van der Waals surface area contributed by atoms with Crippen LogP contribution in [0.4, 0.5) is 11.6 Å². The van der Waals surface area contributed by atoms with Crippen LogP contribution in [0.2, 0.25) is 0 Å². The minimum absolute atomic E-state index is 0.147. The summed E-state index contributed by atoms with van der Waals surface area (Å²) >= 11 is 1.60. The number of hydrogen-bond acceptors (Lipinski definition) is 5. The van der Waals surface area contributed by atoms with Crippen LogP contribution in [-0.2, 0) is 4.79 Å². The first-order valence-corrected chi connectivity index (χ1v) is 8.39. The third-order valence-corrected chi connectivity index (χ3v) is 4.81. The molecule has 0 spiro atoms. The van der Waals surface area contributed by atoms with Crippen LogP contribution in [0.1, 0.15) is 17.8 Å². The number of hydrogen-bond donors (Lipinski definition) is 2. The second-order valence-electron chi connectivity index (χ2n) is 5.43. The van der Waals surface area contributed by atoms with E-state index in [0.717, 1.165) is 16.3 Å². The number of amides is 1. The highest BCUT2D eigenvalue weighted by molar-refractivity contribution is 7.10. The molecule has 7 heteroatoms. The summed E-state index contributed by atoms with van der Waals surface area (Å²) in [6.45, 7) is 1.89. The molecule has 3 heterocycles. The van der Waals surface area contributed by atoms with Crippen LogP contribution in [-0.4, -0.2) is 20.7 Å². The van der Waals surface area contributed by atoms with Crippen molar-refractivity contribution in [2.45, 2.75) is 13.0 Å². The van der Waals surface area contributed by atoms with Gasteiger partial charge in [-0.05, 0) is 30.5 Å². The highest BCUT2D eigenvalue weighted by Crippen LogP contribution is 2.36. The molecule has 120 valence electrons. The predicted octanol–water partition coefficient (Wildman–Crippen LogP) is 3.27. The number of benzene rings is 1. The van der Waals surface area contributed by atoms with Gasteiger partial charge in [0.15, 0.2) is 0 Å². The fraction of sp³-hybridized carbons (Fsp3) is 0.118.